The van der Waals surface area contributed by atoms with Crippen molar-refractivity contribution in [3.05, 3.63) is 24.0 Å². The molecule has 2 unspecified atom stereocenters. The molecular formula is C17H22O5Si. The molecule has 124 valence electrons. The Morgan fingerprint density at radius 3 is 2.30 bits per heavy atom. The third-order valence-electron chi connectivity index (χ3n) is 5.20. The predicted molar refractivity (Wildman–Crippen MR) is 84.9 cm³/mol. The molecule has 1 saturated carbocycles. The Morgan fingerprint density at radius 2 is 1.70 bits per heavy atom. The average molecular weight is 334 g/mol. The molecule has 1 aliphatic heterocycles. The van der Waals surface area contributed by atoms with Crippen LogP contribution in [-0.4, -0.2) is 38.9 Å². The van der Waals surface area contributed by atoms with Crippen molar-refractivity contribution in [2.75, 3.05) is 13.2 Å². The van der Waals surface area contributed by atoms with Gasteiger partial charge in [0.25, 0.3) is 0 Å². The monoisotopic (exact) mass is 334 g/mol. The van der Waals surface area contributed by atoms with E-state index in [1.165, 1.54) is 12.2 Å². The van der Waals surface area contributed by atoms with E-state index >= 15 is 0 Å². The maximum Gasteiger partial charge on any atom is 0.241 e. The summed E-state index contributed by atoms with van der Waals surface area (Å²) >= 11 is 0. The van der Waals surface area contributed by atoms with Gasteiger partial charge in [-0.1, -0.05) is 0 Å². The summed E-state index contributed by atoms with van der Waals surface area (Å²) in [7, 11) is -1.79. The molecule has 2 bridgehead atoms. The summed E-state index contributed by atoms with van der Waals surface area (Å²) in [5.41, 5.74) is 0. The molecule has 4 aliphatic carbocycles. The van der Waals surface area contributed by atoms with Crippen molar-refractivity contribution in [1.29, 1.82) is 0 Å². The van der Waals surface area contributed by atoms with E-state index in [1.54, 1.807) is 0 Å². The SMILES string of the molecule is C[Si](C)(C)OC1=C[C@H]2C3C(=O)C=CC(=O)C3[C@@H]1CC21OCCO1. The zero-order valence-corrected chi connectivity index (χ0v) is 14.7. The van der Waals surface area contributed by atoms with Crippen molar-refractivity contribution in [3.8, 4) is 0 Å². The summed E-state index contributed by atoms with van der Waals surface area (Å²) < 4.78 is 18.1. The third kappa shape index (κ3) is 2.27. The number of hydrogen-bond donors (Lipinski definition) is 0. The highest BCUT2D eigenvalue weighted by atomic mass is 28.4. The molecule has 0 N–H and O–H groups in total. The molecule has 1 saturated heterocycles. The van der Waals surface area contributed by atoms with Crippen molar-refractivity contribution in [2.24, 2.45) is 23.7 Å². The van der Waals surface area contributed by atoms with Crippen LogP contribution in [0.2, 0.25) is 19.6 Å². The second-order valence-electron chi connectivity index (χ2n) is 7.82. The number of hydrogen-bond acceptors (Lipinski definition) is 5. The molecule has 4 atom stereocenters. The quantitative estimate of drug-likeness (QED) is 0.723. The van der Waals surface area contributed by atoms with Crippen LogP contribution in [-0.2, 0) is 23.5 Å². The second-order valence-corrected chi connectivity index (χ2v) is 12.2. The molecular weight excluding hydrogens is 312 g/mol. The van der Waals surface area contributed by atoms with Crippen LogP contribution in [0.15, 0.2) is 24.0 Å². The Labute approximate surface area is 136 Å². The van der Waals surface area contributed by atoms with Crippen LogP contribution in [0.1, 0.15) is 6.42 Å². The lowest BCUT2D eigenvalue weighted by Crippen LogP contribution is -2.60. The molecule has 2 fully saturated rings. The molecule has 6 heteroatoms. The van der Waals surface area contributed by atoms with Crippen LogP contribution in [0.5, 0.6) is 0 Å². The van der Waals surface area contributed by atoms with Crippen LogP contribution in [0.25, 0.3) is 0 Å². The highest BCUT2D eigenvalue weighted by Gasteiger charge is 2.63. The lowest BCUT2D eigenvalue weighted by Gasteiger charge is -2.54. The van der Waals surface area contributed by atoms with Gasteiger partial charge in [0.1, 0.15) is 0 Å². The number of ether oxygens (including phenoxy) is 2. The molecule has 0 radical (unpaired) electrons. The van der Waals surface area contributed by atoms with Crippen molar-refractivity contribution in [1.82, 2.24) is 0 Å². The second kappa shape index (κ2) is 4.88. The van der Waals surface area contributed by atoms with E-state index in [0.717, 1.165) is 5.76 Å². The minimum Gasteiger partial charge on any atom is -0.547 e. The van der Waals surface area contributed by atoms with E-state index < -0.39 is 14.1 Å². The first-order chi connectivity index (χ1) is 10.8. The van der Waals surface area contributed by atoms with Crippen LogP contribution in [0.4, 0.5) is 0 Å². The largest absolute Gasteiger partial charge is 0.547 e. The normalized spacial score (nSPS) is 38.0. The van der Waals surface area contributed by atoms with Crippen LogP contribution in [0.3, 0.4) is 0 Å². The van der Waals surface area contributed by atoms with Crippen LogP contribution >= 0.6 is 0 Å². The number of carbonyl (C=O) groups is 2. The van der Waals surface area contributed by atoms with E-state index in [1.807, 2.05) is 6.08 Å². The van der Waals surface area contributed by atoms with Gasteiger partial charge >= 0.3 is 0 Å². The van der Waals surface area contributed by atoms with E-state index in [2.05, 4.69) is 19.6 Å². The number of ketones is 2. The Hall–Kier alpha value is -1.24. The van der Waals surface area contributed by atoms with Crippen LogP contribution < -0.4 is 0 Å². The predicted octanol–water partition coefficient (Wildman–Crippen LogP) is 2.05. The fraction of sp³-hybridized carbons (Fsp3) is 0.647. The van der Waals surface area contributed by atoms with Gasteiger partial charge in [-0.15, -0.1) is 0 Å². The summed E-state index contributed by atoms with van der Waals surface area (Å²) in [6.07, 6.45) is 5.46. The van der Waals surface area contributed by atoms with Gasteiger partial charge in [-0.25, -0.2) is 0 Å². The summed E-state index contributed by atoms with van der Waals surface area (Å²) in [5, 5.41) is 0. The van der Waals surface area contributed by atoms with Crippen molar-refractivity contribution >= 4 is 19.9 Å². The molecule has 1 heterocycles. The van der Waals surface area contributed by atoms with E-state index in [4.69, 9.17) is 13.9 Å². The molecule has 5 nitrogen and oxygen atoms in total. The topological polar surface area (TPSA) is 61.8 Å². The van der Waals surface area contributed by atoms with E-state index in [9.17, 15) is 9.59 Å². The highest BCUT2D eigenvalue weighted by Crippen LogP contribution is 2.57. The Balaban J connectivity index is 1.79. The summed E-state index contributed by atoms with van der Waals surface area (Å²) in [6, 6.07) is 0. The minimum absolute atomic E-state index is 0.00563. The molecule has 1 spiro atoms. The highest BCUT2D eigenvalue weighted by molar-refractivity contribution is 6.70. The Bertz CT molecular complexity index is 623. The fourth-order valence-electron chi connectivity index (χ4n) is 4.49. The summed E-state index contributed by atoms with van der Waals surface area (Å²) in [5.74, 6) is -0.918. The van der Waals surface area contributed by atoms with Gasteiger partial charge < -0.3 is 13.9 Å². The van der Waals surface area contributed by atoms with Gasteiger partial charge in [0.15, 0.2) is 17.4 Å². The van der Waals surface area contributed by atoms with E-state index in [-0.39, 0.29) is 35.2 Å². The minimum atomic E-state index is -1.79. The summed E-state index contributed by atoms with van der Waals surface area (Å²) in [6.45, 7) is 7.45. The van der Waals surface area contributed by atoms with Crippen molar-refractivity contribution in [3.63, 3.8) is 0 Å². The van der Waals surface area contributed by atoms with E-state index in [0.29, 0.717) is 19.6 Å². The molecule has 0 aromatic rings. The molecule has 0 amide bonds. The third-order valence-corrected chi connectivity index (χ3v) is 6.05. The summed E-state index contributed by atoms with van der Waals surface area (Å²) in [4.78, 5) is 25.0. The average Bonchev–Trinajstić information content (AvgIpc) is 2.91. The first-order valence-electron chi connectivity index (χ1n) is 8.25. The van der Waals surface area contributed by atoms with Gasteiger partial charge in [0.2, 0.25) is 8.32 Å². The zero-order chi connectivity index (χ0) is 16.4. The van der Waals surface area contributed by atoms with Gasteiger partial charge in [-0.05, 0) is 37.9 Å². The lowest BCUT2D eigenvalue weighted by atomic mass is 9.55. The number of carbonyl (C=O) groups excluding carboxylic acids is 2. The van der Waals surface area contributed by atoms with Crippen molar-refractivity contribution < 1.29 is 23.5 Å². The Morgan fingerprint density at radius 1 is 1.09 bits per heavy atom. The fourth-order valence-corrected chi connectivity index (χ4v) is 5.41. The van der Waals surface area contributed by atoms with Gasteiger partial charge in [0.05, 0.1) is 19.0 Å². The molecule has 0 aromatic carbocycles. The number of allylic oxidation sites excluding steroid dienone is 3. The van der Waals surface area contributed by atoms with Crippen molar-refractivity contribution in [2.45, 2.75) is 31.8 Å². The molecule has 5 aliphatic rings. The molecule has 5 rings (SSSR count). The van der Waals surface area contributed by atoms with Crippen LogP contribution in [0, 0.1) is 23.7 Å². The lowest BCUT2D eigenvalue weighted by molar-refractivity contribution is -0.237. The standard InChI is InChI=1S/C17H22O5Si/c1-23(2,3)22-14-8-11-16-13(19)5-4-12(18)15(16)10(14)9-17(11)20-6-7-21-17/h4-5,8,10-11,15-16H,6-7,9H2,1-3H3/t10-,11+,15?,16?/m1/s1. The Kier molecular flexibility index (Phi) is 3.24. The molecule has 0 aromatic heterocycles. The first kappa shape index (κ1) is 15.3. The maximum absolute atomic E-state index is 12.5. The number of rotatable bonds is 2. The smallest absolute Gasteiger partial charge is 0.241 e. The van der Waals surface area contributed by atoms with Gasteiger partial charge in [-0.2, -0.15) is 0 Å². The molecule has 23 heavy (non-hydrogen) atoms. The maximum atomic E-state index is 12.5. The first-order valence-corrected chi connectivity index (χ1v) is 11.7. The van der Waals surface area contributed by atoms with Gasteiger partial charge in [-0.3, -0.25) is 9.59 Å². The van der Waals surface area contributed by atoms with Gasteiger partial charge in [0, 0.05) is 30.1 Å². The zero-order valence-electron chi connectivity index (χ0n) is 13.7.